The maximum Gasteiger partial charge on any atom is 0.252 e. The summed E-state index contributed by atoms with van der Waals surface area (Å²) in [5.41, 5.74) is 6.22. The van der Waals surface area contributed by atoms with Crippen LogP contribution in [-0.4, -0.2) is 21.9 Å². The largest absolute Gasteiger partial charge is 0.374 e. The molecule has 0 aliphatic rings. The third kappa shape index (κ3) is 4.71. The van der Waals surface area contributed by atoms with Crippen LogP contribution in [0.15, 0.2) is 29.2 Å². The molecule has 1 aromatic carbocycles. The van der Waals surface area contributed by atoms with Gasteiger partial charge in [-0.15, -0.1) is 22.0 Å². The van der Waals surface area contributed by atoms with E-state index in [-0.39, 0.29) is 5.91 Å². The number of nitrogen functional groups attached to an aromatic ring is 1. The summed E-state index contributed by atoms with van der Waals surface area (Å²) in [7, 11) is 0. The molecule has 1 heterocycles. The molecule has 5 nitrogen and oxygen atoms in total. The Morgan fingerprint density at radius 1 is 1.38 bits per heavy atom. The number of unbranched alkanes of at least 4 members (excludes halogenated alkanes) is 1. The third-order valence-electron chi connectivity index (χ3n) is 2.77. The molecule has 0 radical (unpaired) electrons. The zero-order chi connectivity index (χ0) is 15.1. The van der Waals surface area contributed by atoms with Crippen LogP contribution in [0.4, 0.5) is 5.13 Å². The number of thioether (sulfide) groups is 1. The van der Waals surface area contributed by atoms with Gasteiger partial charge in [0.2, 0.25) is 5.13 Å². The van der Waals surface area contributed by atoms with E-state index in [2.05, 4.69) is 22.4 Å². The number of amides is 1. The lowest BCUT2D eigenvalue weighted by Gasteiger charge is -2.08. The molecule has 1 aromatic heterocycles. The van der Waals surface area contributed by atoms with E-state index in [1.165, 1.54) is 11.3 Å². The highest BCUT2D eigenvalue weighted by Crippen LogP contribution is 2.23. The maximum atomic E-state index is 12.3. The second kappa shape index (κ2) is 7.99. The van der Waals surface area contributed by atoms with Crippen molar-refractivity contribution in [2.24, 2.45) is 0 Å². The topological polar surface area (TPSA) is 80.9 Å². The van der Waals surface area contributed by atoms with Crippen LogP contribution in [0.1, 0.15) is 35.1 Å². The highest BCUT2D eigenvalue weighted by atomic mass is 32.2. The molecule has 2 aromatic rings. The van der Waals surface area contributed by atoms with Gasteiger partial charge >= 0.3 is 0 Å². The molecule has 0 spiro atoms. The number of carbonyl (C=O) groups is 1. The minimum atomic E-state index is -0.0941. The molecule has 0 bridgehead atoms. The summed E-state index contributed by atoms with van der Waals surface area (Å²) in [6.07, 6.45) is 2.30. The molecular weight excluding hydrogens is 304 g/mol. The first-order valence-corrected chi connectivity index (χ1v) is 8.58. The van der Waals surface area contributed by atoms with Gasteiger partial charge in [0, 0.05) is 4.90 Å². The SMILES string of the molecule is CCCCSc1ccccc1C(=O)NCc1nnc(N)s1. The number of hydrogen-bond donors (Lipinski definition) is 2. The van der Waals surface area contributed by atoms with Gasteiger partial charge in [0.15, 0.2) is 0 Å². The molecule has 0 atom stereocenters. The number of rotatable bonds is 7. The summed E-state index contributed by atoms with van der Waals surface area (Å²) in [4.78, 5) is 13.3. The number of benzene rings is 1. The van der Waals surface area contributed by atoms with Crippen molar-refractivity contribution in [1.29, 1.82) is 0 Å². The fourth-order valence-corrected chi connectivity index (χ4v) is 3.39. The molecule has 1 amide bonds. The van der Waals surface area contributed by atoms with Gasteiger partial charge < -0.3 is 11.1 Å². The number of carbonyl (C=O) groups excluding carboxylic acids is 1. The van der Waals surface area contributed by atoms with Gasteiger partial charge in [0.25, 0.3) is 5.91 Å². The summed E-state index contributed by atoms with van der Waals surface area (Å²) in [6, 6.07) is 7.66. The minimum Gasteiger partial charge on any atom is -0.374 e. The van der Waals surface area contributed by atoms with E-state index in [0.29, 0.717) is 22.2 Å². The van der Waals surface area contributed by atoms with E-state index in [4.69, 9.17) is 5.73 Å². The Labute approximate surface area is 132 Å². The van der Waals surface area contributed by atoms with E-state index in [1.54, 1.807) is 11.8 Å². The second-order valence-electron chi connectivity index (χ2n) is 4.41. The van der Waals surface area contributed by atoms with Crippen molar-refractivity contribution in [3.63, 3.8) is 0 Å². The predicted octanol–water partition coefficient (Wildman–Crippen LogP) is 2.94. The monoisotopic (exact) mass is 322 g/mol. The van der Waals surface area contributed by atoms with Gasteiger partial charge in [0.1, 0.15) is 5.01 Å². The average molecular weight is 322 g/mol. The van der Waals surface area contributed by atoms with Crippen LogP contribution in [0, 0.1) is 0 Å². The molecule has 21 heavy (non-hydrogen) atoms. The Morgan fingerprint density at radius 2 is 2.19 bits per heavy atom. The van der Waals surface area contributed by atoms with Crippen LogP contribution in [0.2, 0.25) is 0 Å². The first-order chi connectivity index (χ1) is 10.2. The molecule has 0 saturated carbocycles. The maximum absolute atomic E-state index is 12.3. The van der Waals surface area contributed by atoms with Crippen LogP contribution in [0.3, 0.4) is 0 Å². The second-order valence-corrected chi connectivity index (χ2v) is 6.65. The fourth-order valence-electron chi connectivity index (χ4n) is 1.70. The van der Waals surface area contributed by atoms with E-state index in [1.807, 2.05) is 24.3 Å². The first-order valence-electron chi connectivity index (χ1n) is 6.78. The summed E-state index contributed by atoms with van der Waals surface area (Å²) < 4.78 is 0. The number of hydrogen-bond acceptors (Lipinski definition) is 6. The molecule has 3 N–H and O–H groups in total. The van der Waals surface area contributed by atoms with Crippen LogP contribution >= 0.6 is 23.1 Å². The van der Waals surface area contributed by atoms with Crippen molar-refractivity contribution in [2.45, 2.75) is 31.2 Å². The zero-order valence-electron chi connectivity index (χ0n) is 11.8. The van der Waals surface area contributed by atoms with Crippen molar-refractivity contribution in [3.8, 4) is 0 Å². The smallest absolute Gasteiger partial charge is 0.252 e. The number of nitrogens with zero attached hydrogens (tertiary/aromatic N) is 2. The zero-order valence-corrected chi connectivity index (χ0v) is 13.5. The lowest BCUT2D eigenvalue weighted by atomic mass is 10.2. The van der Waals surface area contributed by atoms with E-state index >= 15 is 0 Å². The number of nitrogens with two attached hydrogens (primary N) is 1. The first kappa shape index (κ1) is 15.8. The Balaban J connectivity index is 1.97. The van der Waals surface area contributed by atoms with Gasteiger partial charge in [-0.3, -0.25) is 4.79 Å². The standard InChI is InChI=1S/C14H18N4OS2/c1-2-3-8-20-11-7-5-4-6-10(11)13(19)16-9-12-17-18-14(15)21-12/h4-7H,2-3,8-9H2,1H3,(H2,15,18)(H,16,19). The van der Waals surface area contributed by atoms with Crippen molar-refractivity contribution in [2.75, 3.05) is 11.5 Å². The quantitative estimate of drug-likeness (QED) is 0.605. The Morgan fingerprint density at radius 3 is 2.90 bits per heavy atom. The number of anilines is 1. The summed E-state index contributed by atoms with van der Waals surface area (Å²) >= 11 is 3.00. The van der Waals surface area contributed by atoms with Crippen molar-refractivity contribution < 1.29 is 4.79 Å². The van der Waals surface area contributed by atoms with E-state index in [0.717, 1.165) is 23.5 Å². The molecule has 7 heteroatoms. The van der Waals surface area contributed by atoms with Crippen LogP contribution in [0.25, 0.3) is 0 Å². The summed E-state index contributed by atoms with van der Waals surface area (Å²) in [5, 5.41) is 11.6. The average Bonchev–Trinajstić information content (AvgIpc) is 2.91. The number of aromatic nitrogens is 2. The minimum absolute atomic E-state index is 0.0941. The third-order valence-corrected chi connectivity index (χ3v) is 4.68. The number of nitrogens with one attached hydrogen (secondary N) is 1. The lowest BCUT2D eigenvalue weighted by molar-refractivity contribution is 0.0948. The molecule has 0 unspecified atom stereocenters. The van der Waals surface area contributed by atoms with Gasteiger partial charge in [-0.2, -0.15) is 0 Å². The van der Waals surface area contributed by atoms with E-state index in [9.17, 15) is 4.79 Å². The lowest BCUT2D eigenvalue weighted by Crippen LogP contribution is -2.23. The van der Waals surface area contributed by atoms with Gasteiger partial charge in [-0.05, 0) is 24.3 Å². The molecule has 0 aliphatic carbocycles. The normalized spacial score (nSPS) is 10.5. The van der Waals surface area contributed by atoms with Gasteiger partial charge in [-0.1, -0.05) is 36.8 Å². The predicted molar refractivity (Wildman–Crippen MR) is 87.6 cm³/mol. The molecular formula is C14H18N4OS2. The van der Waals surface area contributed by atoms with Crippen molar-refractivity contribution in [1.82, 2.24) is 15.5 Å². The highest BCUT2D eigenvalue weighted by Gasteiger charge is 2.11. The van der Waals surface area contributed by atoms with Crippen LogP contribution in [-0.2, 0) is 6.54 Å². The molecule has 0 aliphatic heterocycles. The van der Waals surface area contributed by atoms with Crippen LogP contribution in [0.5, 0.6) is 0 Å². The Kier molecular flexibility index (Phi) is 6.01. The molecule has 0 fully saturated rings. The van der Waals surface area contributed by atoms with Crippen molar-refractivity contribution >= 4 is 34.1 Å². The molecule has 0 saturated heterocycles. The fraction of sp³-hybridized carbons (Fsp3) is 0.357. The van der Waals surface area contributed by atoms with E-state index < -0.39 is 0 Å². The Hall–Kier alpha value is -1.60. The summed E-state index contributed by atoms with van der Waals surface area (Å²) in [6.45, 7) is 2.51. The summed E-state index contributed by atoms with van der Waals surface area (Å²) in [5.74, 6) is 0.927. The highest BCUT2D eigenvalue weighted by molar-refractivity contribution is 7.99. The molecule has 2 rings (SSSR count). The van der Waals surface area contributed by atoms with Crippen LogP contribution < -0.4 is 11.1 Å². The van der Waals surface area contributed by atoms with Crippen molar-refractivity contribution in [3.05, 3.63) is 34.8 Å². The molecule has 112 valence electrons. The Bertz CT molecular complexity index is 600. The van der Waals surface area contributed by atoms with Gasteiger partial charge in [-0.25, -0.2) is 0 Å². The van der Waals surface area contributed by atoms with Gasteiger partial charge in [0.05, 0.1) is 12.1 Å².